The summed E-state index contributed by atoms with van der Waals surface area (Å²) in [6, 6.07) is 5.56. The Bertz CT molecular complexity index is 470. The molecule has 0 saturated carbocycles. The number of nitrogens with zero attached hydrogens (tertiary/aromatic N) is 2. The van der Waals surface area contributed by atoms with Crippen LogP contribution in [0.15, 0.2) is 28.9 Å². The van der Waals surface area contributed by atoms with Crippen molar-refractivity contribution in [2.45, 2.75) is 0 Å². The third-order valence-electron chi connectivity index (χ3n) is 1.64. The second kappa shape index (κ2) is 3.22. The van der Waals surface area contributed by atoms with E-state index < -0.39 is 0 Å². The molecular weight excluding hydrogens is 232 g/mol. The van der Waals surface area contributed by atoms with Crippen LogP contribution in [-0.4, -0.2) is 16.3 Å². The molecule has 0 saturated heterocycles. The van der Waals surface area contributed by atoms with Gasteiger partial charge in [0, 0.05) is 4.47 Å². The molecule has 2 rings (SSSR count). The van der Waals surface area contributed by atoms with Gasteiger partial charge in [-0.1, -0.05) is 15.9 Å². The third kappa shape index (κ3) is 1.58. The Hall–Kier alpha value is -1.29. The van der Waals surface area contributed by atoms with Gasteiger partial charge in [0.2, 0.25) is 0 Å². The summed E-state index contributed by atoms with van der Waals surface area (Å²) in [5, 5.41) is 0. The molecule has 3 nitrogen and oxygen atoms in total. The molecule has 0 bridgehead atoms. The summed E-state index contributed by atoms with van der Waals surface area (Å²) in [5.41, 5.74) is 1.86. The minimum Gasteiger partial charge on any atom is -0.296 e. The van der Waals surface area contributed by atoms with Crippen LogP contribution in [0.1, 0.15) is 10.5 Å². The van der Waals surface area contributed by atoms with Crippen molar-refractivity contribution in [3.8, 4) is 0 Å². The van der Waals surface area contributed by atoms with Crippen LogP contribution in [0.25, 0.3) is 11.0 Å². The van der Waals surface area contributed by atoms with Gasteiger partial charge < -0.3 is 0 Å². The number of aromatic nitrogens is 2. The van der Waals surface area contributed by atoms with E-state index in [1.165, 1.54) is 6.20 Å². The lowest BCUT2D eigenvalue weighted by Crippen LogP contribution is -1.90. The summed E-state index contributed by atoms with van der Waals surface area (Å²) in [4.78, 5) is 18.6. The topological polar surface area (TPSA) is 42.9 Å². The van der Waals surface area contributed by atoms with E-state index in [4.69, 9.17) is 0 Å². The number of benzene rings is 1. The molecule has 0 amide bonds. The lowest BCUT2D eigenvalue weighted by Gasteiger charge is -1.96. The molecule has 64 valence electrons. The number of fused-ring (bicyclic) bond motifs is 1. The molecular formula is C9H5BrN2O. The zero-order valence-electron chi connectivity index (χ0n) is 6.57. The van der Waals surface area contributed by atoms with Crippen LogP contribution in [0.5, 0.6) is 0 Å². The Morgan fingerprint density at radius 3 is 2.92 bits per heavy atom. The lowest BCUT2D eigenvalue weighted by molar-refractivity contribution is 0.111. The third-order valence-corrected chi connectivity index (χ3v) is 2.14. The van der Waals surface area contributed by atoms with Crippen molar-refractivity contribution in [1.29, 1.82) is 0 Å². The highest BCUT2D eigenvalue weighted by Crippen LogP contribution is 2.15. The van der Waals surface area contributed by atoms with Crippen LogP contribution < -0.4 is 0 Å². The molecule has 1 aromatic carbocycles. The molecule has 0 N–H and O–H groups in total. The van der Waals surface area contributed by atoms with Crippen molar-refractivity contribution in [2.75, 3.05) is 0 Å². The highest BCUT2D eigenvalue weighted by Gasteiger charge is 1.98. The van der Waals surface area contributed by atoms with Gasteiger partial charge in [0.25, 0.3) is 0 Å². The van der Waals surface area contributed by atoms with Gasteiger partial charge in [0.05, 0.1) is 17.2 Å². The minimum atomic E-state index is 0.352. The van der Waals surface area contributed by atoms with E-state index in [1.807, 2.05) is 18.2 Å². The van der Waals surface area contributed by atoms with Crippen molar-refractivity contribution in [1.82, 2.24) is 9.97 Å². The zero-order valence-corrected chi connectivity index (χ0v) is 8.15. The molecule has 0 aliphatic heterocycles. The van der Waals surface area contributed by atoms with Gasteiger partial charge in [0.15, 0.2) is 6.29 Å². The lowest BCUT2D eigenvalue weighted by atomic mass is 10.3. The molecule has 4 heteroatoms. The summed E-state index contributed by atoms with van der Waals surface area (Å²) in [6.45, 7) is 0. The summed E-state index contributed by atoms with van der Waals surface area (Å²) in [7, 11) is 0. The number of hydrogen-bond acceptors (Lipinski definition) is 3. The number of halogens is 1. The number of rotatable bonds is 1. The van der Waals surface area contributed by atoms with E-state index in [0.29, 0.717) is 12.0 Å². The fourth-order valence-corrected chi connectivity index (χ4v) is 1.40. The van der Waals surface area contributed by atoms with Crippen LogP contribution in [-0.2, 0) is 0 Å². The molecule has 0 atom stereocenters. The van der Waals surface area contributed by atoms with E-state index >= 15 is 0 Å². The first-order valence-corrected chi connectivity index (χ1v) is 4.46. The SMILES string of the molecule is O=Cc1cnc2ccc(Br)cc2n1. The van der Waals surface area contributed by atoms with Gasteiger partial charge in [-0.05, 0) is 18.2 Å². The predicted molar refractivity (Wildman–Crippen MR) is 52.6 cm³/mol. The zero-order chi connectivity index (χ0) is 9.26. The number of carbonyl (C=O) groups excluding carboxylic acids is 1. The number of carbonyl (C=O) groups is 1. The molecule has 0 radical (unpaired) electrons. The van der Waals surface area contributed by atoms with Crippen molar-refractivity contribution in [3.63, 3.8) is 0 Å². The normalized spacial score (nSPS) is 10.2. The predicted octanol–water partition coefficient (Wildman–Crippen LogP) is 2.20. The number of aldehydes is 1. The first-order chi connectivity index (χ1) is 6.29. The maximum Gasteiger partial charge on any atom is 0.170 e. The van der Waals surface area contributed by atoms with Crippen molar-refractivity contribution < 1.29 is 4.79 Å². The smallest absolute Gasteiger partial charge is 0.170 e. The Kier molecular flexibility index (Phi) is 2.06. The summed E-state index contributed by atoms with van der Waals surface area (Å²) < 4.78 is 0.928. The molecule has 13 heavy (non-hydrogen) atoms. The number of hydrogen-bond donors (Lipinski definition) is 0. The molecule has 2 aromatic rings. The van der Waals surface area contributed by atoms with Gasteiger partial charge in [-0.2, -0.15) is 0 Å². The van der Waals surface area contributed by atoms with Gasteiger partial charge in [-0.25, -0.2) is 4.98 Å². The Morgan fingerprint density at radius 1 is 1.31 bits per heavy atom. The monoisotopic (exact) mass is 236 g/mol. The molecule has 1 heterocycles. The highest BCUT2D eigenvalue weighted by molar-refractivity contribution is 9.10. The summed E-state index contributed by atoms with van der Waals surface area (Å²) in [5.74, 6) is 0. The van der Waals surface area contributed by atoms with E-state index in [1.54, 1.807) is 0 Å². The van der Waals surface area contributed by atoms with Crippen LogP contribution in [0.4, 0.5) is 0 Å². The van der Waals surface area contributed by atoms with Gasteiger partial charge in [0.1, 0.15) is 5.69 Å². The average Bonchev–Trinajstić information content (AvgIpc) is 2.16. The van der Waals surface area contributed by atoms with E-state index in [9.17, 15) is 4.79 Å². The van der Waals surface area contributed by atoms with Crippen molar-refractivity contribution in [2.24, 2.45) is 0 Å². The largest absolute Gasteiger partial charge is 0.296 e. The summed E-state index contributed by atoms with van der Waals surface area (Å²) >= 11 is 3.32. The first kappa shape index (κ1) is 8.31. The fraction of sp³-hybridized carbons (Fsp3) is 0. The molecule has 0 aliphatic rings. The van der Waals surface area contributed by atoms with E-state index in [-0.39, 0.29) is 0 Å². The average molecular weight is 237 g/mol. The Morgan fingerprint density at radius 2 is 2.15 bits per heavy atom. The Labute approximate surface area is 82.9 Å². The quantitative estimate of drug-likeness (QED) is 0.714. The van der Waals surface area contributed by atoms with Gasteiger partial charge in [-0.3, -0.25) is 9.78 Å². The van der Waals surface area contributed by atoms with Crippen LogP contribution >= 0.6 is 15.9 Å². The Balaban J connectivity index is 2.74. The molecule has 0 aliphatic carbocycles. The highest BCUT2D eigenvalue weighted by atomic mass is 79.9. The molecule has 1 aromatic heterocycles. The standard InChI is InChI=1S/C9H5BrN2O/c10-6-1-2-8-9(3-6)12-7(5-13)4-11-8/h1-5H. The van der Waals surface area contributed by atoms with Crippen molar-refractivity contribution in [3.05, 3.63) is 34.6 Å². The molecule has 0 fully saturated rings. The van der Waals surface area contributed by atoms with Crippen LogP contribution in [0, 0.1) is 0 Å². The minimum absolute atomic E-state index is 0.352. The van der Waals surface area contributed by atoms with Crippen LogP contribution in [0.2, 0.25) is 0 Å². The first-order valence-electron chi connectivity index (χ1n) is 3.67. The maximum atomic E-state index is 10.4. The van der Waals surface area contributed by atoms with E-state index in [0.717, 1.165) is 15.5 Å². The van der Waals surface area contributed by atoms with Gasteiger partial charge >= 0.3 is 0 Å². The second-order valence-corrected chi connectivity index (χ2v) is 3.46. The second-order valence-electron chi connectivity index (χ2n) is 2.55. The summed E-state index contributed by atoms with van der Waals surface area (Å²) in [6.07, 6.45) is 2.15. The molecule has 0 unspecified atom stereocenters. The molecule has 0 spiro atoms. The van der Waals surface area contributed by atoms with Crippen molar-refractivity contribution >= 4 is 33.2 Å². The van der Waals surface area contributed by atoms with Gasteiger partial charge in [-0.15, -0.1) is 0 Å². The van der Waals surface area contributed by atoms with E-state index in [2.05, 4.69) is 25.9 Å². The fourth-order valence-electron chi connectivity index (χ4n) is 1.06. The van der Waals surface area contributed by atoms with Crippen LogP contribution in [0.3, 0.4) is 0 Å². The maximum absolute atomic E-state index is 10.4.